The largest absolute Gasteiger partial charge is 0.456 e. The van der Waals surface area contributed by atoms with Crippen molar-refractivity contribution in [3.63, 3.8) is 0 Å². The summed E-state index contributed by atoms with van der Waals surface area (Å²) in [7, 11) is 0. The van der Waals surface area contributed by atoms with Crippen molar-refractivity contribution >= 4 is 23.6 Å². The fourth-order valence-corrected chi connectivity index (χ4v) is 4.49. The van der Waals surface area contributed by atoms with E-state index in [9.17, 15) is 19.2 Å². The van der Waals surface area contributed by atoms with Crippen molar-refractivity contribution in [1.82, 2.24) is 4.90 Å². The second kappa shape index (κ2) is 8.84. The third-order valence-electron chi connectivity index (χ3n) is 6.26. The number of carbonyl (C=O) groups is 4. The zero-order chi connectivity index (χ0) is 22.0. The quantitative estimate of drug-likeness (QED) is 0.406. The van der Waals surface area contributed by atoms with E-state index < -0.39 is 18.6 Å². The Kier molecular flexibility index (Phi) is 5.98. The second-order valence-electron chi connectivity index (χ2n) is 8.19. The predicted molar refractivity (Wildman–Crippen MR) is 114 cm³/mol. The molecule has 160 valence electrons. The van der Waals surface area contributed by atoms with Gasteiger partial charge in [0, 0.05) is 5.56 Å². The molecule has 4 rings (SSSR count). The van der Waals surface area contributed by atoms with Crippen LogP contribution in [0.1, 0.15) is 43.0 Å². The van der Waals surface area contributed by atoms with Crippen LogP contribution in [0.3, 0.4) is 0 Å². The first kappa shape index (κ1) is 21.0. The molecule has 0 aromatic heterocycles. The Hall–Kier alpha value is -3.28. The van der Waals surface area contributed by atoms with E-state index in [-0.39, 0.29) is 29.4 Å². The molecule has 1 aliphatic heterocycles. The summed E-state index contributed by atoms with van der Waals surface area (Å²) in [4.78, 5) is 51.2. The third-order valence-corrected chi connectivity index (χ3v) is 6.26. The summed E-state index contributed by atoms with van der Waals surface area (Å²) in [5, 5.41) is 0. The van der Waals surface area contributed by atoms with Crippen LogP contribution < -0.4 is 0 Å². The van der Waals surface area contributed by atoms with E-state index >= 15 is 0 Å². The summed E-state index contributed by atoms with van der Waals surface area (Å²) in [5.41, 5.74) is 2.46. The summed E-state index contributed by atoms with van der Waals surface area (Å²) in [6, 6.07) is 15.8. The number of fused-ring (bicyclic) bond motifs is 1. The van der Waals surface area contributed by atoms with Crippen LogP contribution in [-0.4, -0.2) is 41.1 Å². The Balaban J connectivity index is 1.35. The number of carbonyl (C=O) groups excluding carboxylic acids is 4. The van der Waals surface area contributed by atoms with E-state index in [4.69, 9.17) is 4.74 Å². The van der Waals surface area contributed by atoms with Gasteiger partial charge in [0.1, 0.15) is 6.04 Å². The van der Waals surface area contributed by atoms with Gasteiger partial charge in [0.15, 0.2) is 12.4 Å². The van der Waals surface area contributed by atoms with Gasteiger partial charge in [-0.1, -0.05) is 67.4 Å². The fourth-order valence-electron chi connectivity index (χ4n) is 4.49. The van der Waals surface area contributed by atoms with E-state index in [2.05, 4.69) is 0 Å². The van der Waals surface area contributed by atoms with Gasteiger partial charge in [-0.15, -0.1) is 0 Å². The summed E-state index contributed by atoms with van der Waals surface area (Å²) in [5.74, 6) is -2.30. The van der Waals surface area contributed by atoms with Crippen molar-refractivity contribution in [3.8, 4) is 11.1 Å². The van der Waals surface area contributed by atoms with Crippen molar-refractivity contribution in [2.75, 3.05) is 6.61 Å². The van der Waals surface area contributed by atoms with Crippen LogP contribution in [0, 0.1) is 11.8 Å². The Morgan fingerprint density at radius 1 is 0.903 bits per heavy atom. The number of hydrogen-bond donors (Lipinski definition) is 0. The molecular weight excluding hydrogens is 394 g/mol. The Morgan fingerprint density at radius 2 is 1.45 bits per heavy atom. The van der Waals surface area contributed by atoms with Crippen molar-refractivity contribution in [1.29, 1.82) is 0 Å². The molecule has 0 N–H and O–H groups in total. The standard InChI is InChI=1S/C25H25NO5/c1-16(26-23(28)20-9-5-6-10-21(20)24(26)29)25(30)31-15-22(27)19-13-11-18(12-14-19)17-7-3-2-4-8-17/h2-4,7-8,11-14,16,20-21H,5-6,9-10,15H2,1H3/t16-,20-,21-/m0/s1. The first-order valence-corrected chi connectivity index (χ1v) is 10.7. The molecule has 6 nitrogen and oxygen atoms in total. The molecule has 1 saturated carbocycles. The van der Waals surface area contributed by atoms with E-state index in [1.807, 2.05) is 42.5 Å². The number of esters is 1. The zero-order valence-corrected chi connectivity index (χ0v) is 17.5. The number of rotatable bonds is 6. The first-order valence-electron chi connectivity index (χ1n) is 10.7. The van der Waals surface area contributed by atoms with Crippen LogP contribution in [0.5, 0.6) is 0 Å². The van der Waals surface area contributed by atoms with E-state index in [0.717, 1.165) is 28.9 Å². The van der Waals surface area contributed by atoms with Gasteiger partial charge >= 0.3 is 5.97 Å². The average molecular weight is 419 g/mol. The minimum atomic E-state index is -1.03. The maximum absolute atomic E-state index is 12.6. The van der Waals surface area contributed by atoms with Crippen LogP contribution in [0.4, 0.5) is 0 Å². The SMILES string of the molecule is C[C@@H](C(=O)OCC(=O)c1ccc(-c2ccccc2)cc1)N1C(=O)[C@H]2CCCC[C@@H]2C1=O. The lowest BCUT2D eigenvalue weighted by atomic mass is 9.81. The maximum atomic E-state index is 12.6. The van der Waals surface area contributed by atoms with Crippen LogP contribution in [0.2, 0.25) is 0 Å². The molecular formula is C25H25NO5. The fraction of sp³-hybridized carbons (Fsp3) is 0.360. The molecule has 1 aliphatic carbocycles. The van der Waals surface area contributed by atoms with Gasteiger partial charge in [-0.25, -0.2) is 4.79 Å². The molecule has 31 heavy (non-hydrogen) atoms. The number of nitrogens with zero attached hydrogens (tertiary/aromatic N) is 1. The van der Waals surface area contributed by atoms with Gasteiger partial charge in [0.25, 0.3) is 0 Å². The minimum absolute atomic E-state index is 0.290. The molecule has 1 saturated heterocycles. The lowest BCUT2D eigenvalue weighted by Gasteiger charge is -2.21. The van der Waals surface area contributed by atoms with E-state index in [1.54, 1.807) is 12.1 Å². The highest BCUT2D eigenvalue weighted by molar-refractivity contribution is 6.08. The highest BCUT2D eigenvalue weighted by atomic mass is 16.5. The number of ketones is 1. The first-order chi connectivity index (χ1) is 15.0. The average Bonchev–Trinajstić information content (AvgIpc) is 3.07. The summed E-state index contributed by atoms with van der Waals surface area (Å²) in [6.45, 7) is 1.05. The smallest absolute Gasteiger partial charge is 0.329 e. The number of Topliss-reactive ketones (excluding diaryl/α,β-unsaturated/α-hetero) is 1. The summed E-state index contributed by atoms with van der Waals surface area (Å²) >= 11 is 0. The van der Waals surface area contributed by atoms with Crippen molar-refractivity contribution < 1.29 is 23.9 Å². The molecule has 2 aromatic carbocycles. The highest BCUT2D eigenvalue weighted by Gasteiger charge is 2.51. The van der Waals surface area contributed by atoms with Gasteiger partial charge in [-0.05, 0) is 30.9 Å². The molecule has 0 unspecified atom stereocenters. The Bertz CT molecular complexity index is 974. The normalized spacial score (nSPS) is 21.5. The minimum Gasteiger partial charge on any atom is -0.456 e. The molecule has 2 amide bonds. The molecule has 2 aliphatic rings. The topological polar surface area (TPSA) is 80.8 Å². The van der Waals surface area contributed by atoms with Gasteiger partial charge in [-0.3, -0.25) is 19.3 Å². The molecule has 0 radical (unpaired) electrons. The van der Waals surface area contributed by atoms with Crippen molar-refractivity contribution in [2.24, 2.45) is 11.8 Å². The molecule has 3 atom stereocenters. The van der Waals surface area contributed by atoms with Gasteiger partial charge in [-0.2, -0.15) is 0 Å². The lowest BCUT2D eigenvalue weighted by molar-refractivity contribution is -0.157. The molecule has 2 aromatic rings. The molecule has 2 fully saturated rings. The van der Waals surface area contributed by atoms with E-state index in [1.165, 1.54) is 6.92 Å². The molecule has 0 bridgehead atoms. The summed E-state index contributed by atoms with van der Waals surface area (Å²) < 4.78 is 5.16. The Labute approximate surface area is 181 Å². The predicted octanol–water partition coefficient (Wildman–Crippen LogP) is 3.64. The second-order valence-corrected chi connectivity index (χ2v) is 8.19. The highest BCUT2D eigenvalue weighted by Crippen LogP contribution is 2.38. The number of ether oxygens (including phenoxy) is 1. The zero-order valence-electron chi connectivity index (χ0n) is 17.5. The number of amides is 2. The van der Waals surface area contributed by atoms with Crippen LogP contribution in [-0.2, 0) is 19.1 Å². The lowest BCUT2D eigenvalue weighted by Crippen LogP contribution is -2.44. The Morgan fingerprint density at radius 3 is 2.03 bits per heavy atom. The van der Waals surface area contributed by atoms with Gasteiger partial charge in [0.05, 0.1) is 11.8 Å². The van der Waals surface area contributed by atoms with E-state index in [0.29, 0.717) is 18.4 Å². The molecule has 0 spiro atoms. The van der Waals surface area contributed by atoms with Crippen LogP contribution in [0.25, 0.3) is 11.1 Å². The number of benzene rings is 2. The van der Waals surface area contributed by atoms with Crippen molar-refractivity contribution in [3.05, 3.63) is 60.2 Å². The number of imide groups is 1. The molecule has 1 heterocycles. The number of hydrogen-bond acceptors (Lipinski definition) is 5. The maximum Gasteiger partial charge on any atom is 0.329 e. The van der Waals surface area contributed by atoms with Crippen LogP contribution in [0.15, 0.2) is 54.6 Å². The van der Waals surface area contributed by atoms with Crippen LogP contribution >= 0.6 is 0 Å². The molecule has 6 heteroatoms. The van der Waals surface area contributed by atoms with Crippen molar-refractivity contribution in [2.45, 2.75) is 38.6 Å². The summed E-state index contributed by atoms with van der Waals surface area (Å²) in [6.07, 6.45) is 3.21. The van der Waals surface area contributed by atoms with Gasteiger partial charge < -0.3 is 4.74 Å². The van der Waals surface area contributed by atoms with Gasteiger partial charge in [0.2, 0.25) is 11.8 Å². The number of likely N-dealkylation sites (tertiary alicyclic amines) is 1. The monoisotopic (exact) mass is 419 g/mol. The third kappa shape index (κ3) is 4.15.